The van der Waals surface area contributed by atoms with Gasteiger partial charge in [-0.25, -0.2) is 4.57 Å². The maximum Gasteiger partial charge on any atom is 0.472 e. The summed E-state index contributed by atoms with van der Waals surface area (Å²) in [5.41, 5.74) is 0. The van der Waals surface area contributed by atoms with Crippen LogP contribution in [0.2, 0.25) is 0 Å². The molecule has 0 amide bonds. The van der Waals surface area contributed by atoms with Gasteiger partial charge in [0.2, 0.25) is 0 Å². The number of rotatable bonds is 42. The number of aliphatic hydroxyl groups excluding tert-OH is 3. The van der Waals surface area contributed by atoms with E-state index < -0.39 is 51.8 Å². The monoisotopic (exact) mass is 857 g/mol. The minimum atomic E-state index is -4.64. The standard InChI is InChI=1S/C47H85O11P/c1-4-42(3)34-30-26-22-18-14-10-6-8-13-17-21-25-29-33-37-47(52)58-45(41-57-59(53,54)56-39-44(50)38-48)40-55-46(51)36-32-28-24-20-16-12-9-7-11-15-19-23-27-31-35-43(49)5-2/h9,11-12,15,20,23-24,27,42-45,48-50H,4-8,10,13-14,16-19,21-22,25-26,28-41H2,1-3H3,(H,53,54)/b12-9-,15-11-,24-20-,27-23-/t42?,43-,44-,45+/m0/s1. The van der Waals surface area contributed by atoms with E-state index in [0.717, 1.165) is 63.7 Å². The van der Waals surface area contributed by atoms with Gasteiger partial charge < -0.3 is 29.7 Å². The zero-order chi connectivity index (χ0) is 43.7. The lowest BCUT2D eigenvalue weighted by Crippen LogP contribution is -2.29. The molecule has 0 saturated carbocycles. The van der Waals surface area contributed by atoms with Crippen LogP contribution in [0.25, 0.3) is 0 Å². The highest BCUT2D eigenvalue weighted by Gasteiger charge is 2.27. The van der Waals surface area contributed by atoms with Crippen molar-refractivity contribution in [3.8, 4) is 0 Å². The largest absolute Gasteiger partial charge is 0.472 e. The van der Waals surface area contributed by atoms with Crippen molar-refractivity contribution in [3.05, 3.63) is 48.6 Å². The van der Waals surface area contributed by atoms with Gasteiger partial charge in [0.25, 0.3) is 0 Å². The number of unbranched alkanes of at least 4 members (excludes halogenated alkanes) is 14. The molecule has 2 unspecified atom stereocenters. The second kappa shape index (κ2) is 41.3. The normalized spacial score (nSPS) is 15.3. The van der Waals surface area contributed by atoms with Crippen LogP contribution in [-0.2, 0) is 32.7 Å². The van der Waals surface area contributed by atoms with Gasteiger partial charge >= 0.3 is 19.8 Å². The highest BCUT2D eigenvalue weighted by atomic mass is 31.2. The molecule has 0 aliphatic rings. The van der Waals surface area contributed by atoms with Crippen molar-refractivity contribution < 1.29 is 52.9 Å². The molecule has 0 radical (unpaired) electrons. The van der Waals surface area contributed by atoms with Gasteiger partial charge in [0, 0.05) is 12.8 Å². The van der Waals surface area contributed by atoms with Gasteiger partial charge in [0.1, 0.15) is 12.7 Å². The average Bonchev–Trinajstić information content (AvgIpc) is 3.23. The zero-order valence-corrected chi connectivity index (χ0v) is 38.1. The Labute approximate surface area is 358 Å². The van der Waals surface area contributed by atoms with Crippen LogP contribution in [0.4, 0.5) is 0 Å². The Morgan fingerprint density at radius 3 is 1.56 bits per heavy atom. The molecule has 344 valence electrons. The fraction of sp³-hybridized carbons (Fsp3) is 0.787. The summed E-state index contributed by atoms with van der Waals surface area (Å²) < 4.78 is 32.7. The summed E-state index contributed by atoms with van der Waals surface area (Å²) in [6.45, 7) is 4.41. The van der Waals surface area contributed by atoms with E-state index in [1.165, 1.54) is 77.0 Å². The van der Waals surface area contributed by atoms with E-state index in [0.29, 0.717) is 19.3 Å². The number of carbonyl (C=O) groups is 2. The van der Waals surface area contributed by atoms with Crippen molar-refractivity contribution in [1.29, 1.82) is 0 Å². The fourth-order valence-corrected chi connectivity index (χ4v) is 6.85. The van der Waals surface area contributed by atoms with Crippen LogP contribution in [0.5, 0.6) is 0 Å². The molecular weight excluding hydrogens is 771 g/mol. The smallest absolute Gasteiger partial charge is 0.462 e. The molecule has 0 aromatic carbocycles. The molecular formula is C47H85O11P. The summed E-state index contributed by atoms with van der Waals surface area (Å²) in [6, 6.07) is 0. The lowest BCUT2D eigenvalue weighted by Gasteiger charge is -2.20. The average molecular weight is 857 g/mol. The van der Waals surface area contributed by atoms with E-state index in [9.17, 15) is 29.3 Å². The Morgan fingerprint density at radius 2 is 1.03 bits per heavy atom. The van der Waals surface area contributed by atoms with Crippen molar-refractivity contribution in [3.63, 3.8) is 0 Å². The minimum absolute atomic E-state index is 0.152. The Kier molecular flexibility index (Phi) is 39.8. The van der Waals surface area contributed by atoms with Crippen molar-refractivity contribution in [1.82, 2.24) is 0 Å². The number of allylic oxidation sites excluding steroid dienone is 8. The first kappa shape index (κ1) is 56.9. The first-order valence-corrected chi connectivity index (χ1v) is 24.6. The molecule has 0 saturated heterocycles. The number of carbonyl (C=O) groups excluding carboxylic acids is 2. The summed E-state index contributed by atoms with van der Waals surface area (Å²) in [6.07, 6.45) is 40.2. The summed E-state index contributed by atoms with van der Waals surface area (Å²) >= 11 is 0. The van der Waals surface area contributed by atoms with E-state index in [4.69, 9.17) is 19.1 Å². The Morgan fingerprint density at radius 1 is 0.559 bits per heavy atom. The molecule has 4 N–H and O–H groups in total. The molecule has 12 heteroatoms. The summed E-state index contributed by atoms with van der Waals surface area (Å²) in [5, 5.41) is 27.9. The van der Waals surface area contributed by atoms with E-state index in [2.05, 4.69) is 54.8 Å². The van der Waals surface area contributed by atoms with Gasteiger partial charge in [-0.05, 0) is 63.7 Å². The fourth-order valence-electron chi connectivity index (χ4n) is 6.06. The van der Waals surface area contributed by atoms with Gasteiger partial charge in [0.05, 0.1) is 25.9 Å². The second-order valence-corrected chi connectivity index (χ2v) is 17.3. The quantitative estimate of drug-likeness (QED) is 0.0199. The van der Waals surface area contributed by atoms with Crippen molar-refractivity contribution in [2.75, 3.05) is 26.4 Å². The first-order chi connectivity index (χ1) is 28.5. The predicted octanol–water partition coefficient (Wildman–Crippen LogP) is 11.3. The lowest BCUT2D eigenvalue weighted by molar-refractivity contribution is -0.161. The molecule has 11 nitrogen and oxygen atoms in total. The molecule has 59 heavy (non-hydrogen) atoms. The van der Waals surface area contributed by atoms with Gasteiger partial charge in [-0.15, -0.1) is 0 Å². The highest BCUT2D eigenvalue weighted by molar-refractivity contribution is 7.47. The molecule has 0 fully saturated rings. The van der Waals surface area contributed by atoms with Gasteiger partial charge in [-0.2, -0.15) is 0 Å². The molecule has 0 aliphatic heterocycles. The van der Waals surface area contributed by atoms with Crippen LogP contribution in [0.15, 0.2) is 48.6 Å². The van der Waals surface area contributed by atoms with E-state index >= 15 is 0 Å². The van der Waals surface area contributed by atoms with E-state index in [-0.39, 0.29) is 25.6 Å². The third-order valence-corrected chi connectivity index (χ3v) is 11.1. The lowest BCUT2D eigenvalue weighted by atomic mass is 9.99. The van der Waals surface area contributed by atoms with Crippen molar-refractivity contribution in [2.45, 2.75) is 206 Å². The number of hydrogen-bond donors (Lipinski definition) is 4. The number of hydrogen-bond acceptors (Lipinski definition) is 10. The third kappa shape index (κ3) is 41.0. The van der Waals surface area contributed by atoms with Crippen LogP contribution in [-0.4, -0.2) is 76.9 Å². The summed E-state index contributed by atoms with van der Waals surface area (Å²) in [5.74, 6) is -0.139. The SMILES string of the molecule is CCC(C)CCCCCCCCCCCCCCCCC(=O)O[C@H](COC(=O)CCC/C=C\C/C=C\C/C=C\C/C=C\CC[C@@H](O)CC)COP(=O)(O)OC[C@@H](O)CO. The molecule has 0 aromatic heterocycles. The molecule has 0 spiro atoms. The maximum atomic E-state index is 12.6. The Hall–Kier alpha value is -2.11. The molecule has 0 rings (SSSR count). The zero-order valence-electron chi connectivity index (χ0n) is 37.2. The van der Waals surface area contributed by atoms with Crippen LogP contribution >= 0.6 is 7.82 Å². The van der Waals surface area contributed by atoms with Crippen LogP contribution in [0.3, 0.4) is 0 Å². The minimum Gasteiger partial charge on any atom is -0.462 e. The third-order valence-electron chi connectivity index (χ3n) is 10.2. The summed E-state index contributed by atoms with van der Waals surface area (Å²) in [4.78, 5) is 35.0. The van der Waals surface area contributed by atoms with Crippen LogP contribution in [0.1, 0.15) is 188 Å². The predicted molar refractivity (Wildman–Crippen MR) is 239 cm³/mol. The molecule has 0 bridgehead atoms. The van der Waals surface area contributed by atoms with Gasteiger partial charge in [-0.1, -0.05) is 166 Å². The molecule has 5 atom stereocenters. The van der Waals surface area contributed by atoms with E-state index in [1.807, 2.05) is 19.1 Å². The first-order valence-electron chi connectivity index (χ1n) is 23.1. The number of phosphoric ester groups is 1. The maximum absolute atomic E-state index is 12.6. The topological polar surface area (TPSA) is 169 Å². The van der Waals surface area contributed by atoms with Crippen LogP contribution in [0, 0.1) is 5.92 Å². The summed E-state index contributed by atoms with van der Waals surface area (Å²) in [7, 11) is -4.64. The second-order valence-electron chi connectivity index (χ2n) is 15.8. The van der Waals surface area contributed by atoms with Crippen molar-refractivity contribution in [2.24, 2.45) is 5.92 Å². The Balaban J connectivity index is 4.35. The van der Waals surface area contributed by atoms with E-state index in [1.54, 1.807) is 0 Å². The van der Waals surface area contributed by atoms with Gasteiger partial charge in [0.15, 0.2) is 6.10 Å². The number of ether oxygens (including phenoxy) is 2. The number of phosphoric acid groups is 1. The molecule has 0 aromatic rings. The number of esters is 2. The number of aliphatic hydroxyl groups is 3. The molecule has 0 heterocycles. The molecule has 0 aliphatic carbocycles. The van der Waals surface area contributed by atoms with Crippen LogP contribution < -0.4 is 0 Å². The Bertz CT molecular complexity index is 1150. The highest BCUT2D eigenvalue weighted by Crippen LogP contribution is 2.43. The van der Waals surface area contributed by atoms with Gasteiger partial charge in [-0.3, -0.25) is 18.6 Å². The van der Waals surface area contributed by atoms with Crippen molar-refractivity contribution >= 4 is 19.8 Å².